The first kappa shape index (κ1) is 12.7. The van der Waals surface area contributed by atoms with Crippen LogP contribution in [0.25, 0.3) is 10.8 Å². The monoisotopic (exact) mass is 263 g/mol. The second kappa shape index (κ2) is 5.77. The molecule has 0 amide bonds. The van der Waals surface area contributed by atoms with E-state index in [4.69, 9.17) is 0 Å². The molecule has 0 radical (unpaired) electrons. The zero-order valence-electron chi connectivity index (χ0n) is 11.3. The third kappa shape index (κ3) is 2.52. The van der Waals surface area contributed by atoms with Gasteiger partial charge in [0.05, 0.1) is 11.6 Å². The fourth-order valence-electron chi connectivity index (χ4n) is 2.59. The van der Waals surface area contributed by atoms with Crippen molar-refractivity contribution in [1.29, 1.82) is 5.26 Å². The van der Waals surface area contributed by atoms with E-state index < -0.39 is 0 Å². The Morgan fingerprint density at radius 2 is 2.00 bits per heavy atom. The summed E-state index contributed by atoms with van der Waals surface area (Å²) in [5, 5.41) is 18.1. The van der Waals surface area contributed by atoms with E-state index in [0.29, 0.717) is 0 Å². The Morgan fingerprint density at radius 1 is 1.15 bits per heavy atom. The fraction of sp³-hybridized carbons (Fsp3) is 0.235. The number of nitriles is 1. The quantitative estimate of drug-likeness (QED) is 0.837. The normalized spacial score (nSPS) is 14.7. The van der Waals surface area contributed by atoms with Crippen LogP contribution in [-0.4, -0.2) is 19.6 Å². The van der Waals surface area contributed by atoms with Crippen molar-refractivity contribution in [2.45, 2.75) is 6.42 Å². The third-order valence-corrected chi connectivity index (χ3v) is 3.71. The highest BCUT2D eigenvalue weighted by Crippen LogP contribution is 2.26. The standard InChI is InChI=1S/C17H17N3/c18-11-14-5-6-17(16-4-2-1-3-15(14)16)20-12-13-7-9-19-10-8-13/h1-7,19-20H,8-10,12H2. The number of nitrogens with zero attached hydrogens (tertiary/aromatic N) is 1. The molecule has 0 fully saturated rings. The predicted octanol–water partition coefficient (Wildman–Crippen LogP) is 3.04. The fourth-order valence-corrected chi connectivity index (χ4v) is 2.59. The summed E-state index contributed by atoms with van der Waals surface area (Å²) < 4.78 is 0. The SMILES string of the molecule is N#Cc1ccc(NCC2=CCNCC2)c2ccccc12. The summed E-state index contributed by atoms with van der Waals surface area (Å²) in [6, 6.07) is 14.2. The number of nitrogens with one attached hydrogen (secondary N) is 2. The van der Waals surface area contributed by atoms with Crippen LogP contribution >= 0.6 is 0 Å². The van der Waals surface area contributed by atoms with Crippen molar-refractivity contribution in [3.05, 3.63) is 53.6 Å². The molecule has 0 saturated heterocycles. The van der Waals surface area contributed by atoms with Crippen LogP contribution in [0.4, 0.5) is 5.69 Å². The zero-order valence-corrected chi connectivity index (χ0v) is 11.3. The van der Waals surface area contributed by atoms with Crippen LogP contribution in [0.2, 0.25) is 0 Å². The molecule has 3 heteroatoms. The molecule has 1 aliphatic heterocycles. The second-order valence-electron chi connectivity index (χ2n) is 4.99. The lowest BCUT2D eigenvalue weighted by molar-refractivity contribution is 0.698. The lowest BCUT2D eigenvalue weighted by Gasteiger charge is -2.16. The molecule has 0 atom stereocenters. The maximum atomic E-state index is 9.17. The molecule has 0 bridgehead atoms. The molecule has 1 heterocycles. The molecule has 3 rings (SSSR count). The molecule has 0 unspecified atom stereocenters. The van der Waals surface area contributed by atoms with E-state index in [1.165, 1.54) is 5.57 Å². The zero-order chi connectivity index (χ0) is 13.8. The van der Waals surface area contributed by atoms with Gasteiger partial charge in [-0.3, -0.25) is 0 Å². The number of benzene rings is 2. The van der Waals surface area contributed by atoms with Gasteiger partial charge in [0, 0.05) is 29.5 Å². The molecule has 2 N–H and O–H groups in total. The maximum Gasteiger partial charge on any atom is 0.0998 e. The summed E-state index contributed by atoms with van der Waals surface area (Å²) in [4.78, 5) is 0. The van der Waals surface area contributed by atoms with E-state index in [1.54, 1.807) is 0 Å². The van der Waals surface area contributed by atoms with Gasteiger partial charge in [-0.1, -0.05) is 35.9 Å². The summed E-state index contributed by atoms with van der Waals surface area (Å²) in [6.07, 6.45) is 3.35. The van der Waals surface area contributed by atoms with E-state index in [2.05, 4.69) is 28.8 Å². The van der Waals surface area contributed by atoms with Crippen molar-refractivity contribution in [3.8, 4) is 6.07 Å². The predicted molar refractivity (Wildman–Crippen MR) is 82.7 cm³/mol. The van der Waals surface area contributed by atoms with Crippen LogP contribution in [0.5, 0.6) is 0 Å². The summed E-state index contributed by atoms with van der Waals surface area (Å²) in [7, 11) is 0. The van der Waals surface area contributed by atoms with Crippen LogP contribution in [-0.2, 0) is 0 Å². The average Bonchev–Trinajstić information content (AvgIpc) is 2.53. The summed E-state index contributed by atoms with van der Waals surface area (Å²) in [5.74, 6) is 0. The average molecular weight is 263 g/mol. The van der Waals surface area contributed by atoms with E-state index in [1.807, 2.05) is 30.3 Å². The third-order valence-electron chi connectivity index (χ3n) is 3.71. The molecule has 0 aliphatic carbocycles. The van der Waals surface area contributed by atoms with E-state index in [-0.39, 0.29) is 0 Å². The van der Waals surface area contributed by atoms with E-state index in [9.17, 15) is 5.26 Å². The molecule has 0 saturated carbocycles. The van der Waals surface area contributed by atoms with Gasteiger partial charge in [0.2, 0.25) is 0 Å². The largest absolute Gasteiger partial charge is 0.381 e. The first-order chi connectivity index (χ1) is 9.88. The van der Waals surface area contributed by atoms with Crippen LogP contribution in [0.1, 0.15) is 12.0 Å². The minimum atomic E-state index is 0.729. The highest BCUT2D eigenvalue weighted by molar-refractivity contribution is 5.97. The molecule has 2 aromatic carbocycles. The van der Waals surface area contributed by atoms with Crippen LogP contribution in [0, 0.1) is 11.3 Å². The highest BCUT2D eigenvalue weighted by atomic mass is 14.9. The topological polar surface area (TPSA) is 47.9 Å². The van der Waals surface area contributed by atoms with E-state index >= 15 is 0 Å². The van der Waals surface area contributed by atoms with Crippen LogP contribution < -0.4 is 10.6 Å². The van der Waals surface area contributed by atoms with Gasteiger partial charge in [-0.15, -0.1) is 0 Å². The summed E-state index contributed by atoms with van der Waals surface area (Å²) in [5.41, 5.74) is 3.27. The van der Waals surface area contributed by atoms with Gasteiger partial charge in [0.1, 0.15) is 0 Å². The Balaban J connectivity index is 1.88. The Labute approximate surface area is 118 Å². The van der Waals surface area contributed by atoms with Gasteiger partial charge in [0.15, 0.2) is 0 Å². The molecular formula is C17H17N3. The molecule has 2 aromatic rings. The highest BCUT2D eigenvalue weighted by Gasteiger charge is 2.07. The molecule has 3 nitrogen and oxygen atoms in total. The Morgan fingerprint density at radius 3 is 2.75 bits per heavy atom. The van der Waals surface area contributed by atoms with Crippen molar-refractivity contribution in [2.24, 2.45) is 0 Å². The molecular weight excluding hydrogens is 246 g/mol. The molecule has 100 valence electrons. The van der Waals surface area contributed by atoms with Gasteiger partial charge in [0.25, 0.3) is 0 Å². The van der Waals surface area contributed by atoms with Gasteiger partial charge in [-0.25, -0.2) is 0 Å². The van der Waals surface area contributed by atoms with Crippen LogP contribution in [0.3, 0.4) is 0 Å². The number of hydrogen-bond donors (Lipinski definition) is 2. The van der Waals surface area contributed by atoms with Gasteiger partial charge in [-0.05, 0) is 25.1 Å². The van der Waals surface area contributed by atoms with Crippen LogP contribution in [0.15, 0.2) is 48.0 Å². The lowest BCUT2D eigenvalue weighted by Crippen LogP contribution is -2.23. The smallest absolute Gasteiger partial charge is 0.0998 e. The first-order valence-corrected chi connectivity index (χ1v) is 6.93. The van der Waals surface area contributed by atoms with Gasteiger partial charge >= 0.3 is 0 Å². The Hall–Kier alpha value is -2.31. The number of hydrogen-bond acceptors (Lipinski definition) is 3. The number of rotatable bonds is 3. The Bertz CT molecular complexity index is 695. The van der Waals surface area contributed by atoms with E-state index in [0.717, 1.165) is 48.1 Å². The molecule has 20 heavy (non-hydrogen) atoms. The molecule has 1 aliphatic rings. The minimum Gasteiger partial charge on any atom is -0.381 e. The van der Waals surface area contributed by atoms with Gasteiger partial charge < -0.3 is 10.6 Å². The van der Waals surface area contributed by atoms with Crippen molar-refractivity contribution < 1.29 is 0 Å². The Kier molecular flexibility index (Phi) is 3.67. The minimum absolute atomic E-state index is 0.729. The summed E-state index contributed by atoms with van der Waals surface area (Å²) >= 11 is 0. The molecule has 0 spiro atoms. The van der Waals surface area contributed by atoms with Gasteiger partial charge in [-0.2, -0.15) is 5.26 Å². The number of fused-ring (bicyclic) bond motifs is 1. The maximum absolute atomic E-state index is 9.17. The lowest BCUT2D eigenvalue weighted by atomic mass is 10.0. The van der Waals surface area contributed by atoms with Crippen molar-refractivity contribution in [2.75, 3.05) is 25.0 Å². The van der Waals surface area contributed by atoms with Crippen molar-refractivity contribution in [1.82, 2.24) is 5.32 Å². The van der Waals surface area contributed by atoms with Crippen molar-refractivity contribution >= 4 is 16.5 Å². The molecule has 0 aromatic heterocycles. The second-order valence-corrected chi connectivity index (χ2v) is 4.99. The van der Waals surface area contributed by atoms with Crippen molar-refractivity contribution in [3.63, 3.8) is 0 Å². The first-order valence-electron chi connectivity index (χ1n) is 6.93. The number of anilines is 1. The summed E-state index contributed by atoms with van der Waals surface area (Å²) in [6.45, 7) is 2.89.